The van der Waals surface area contributed by atoms with Gasteiger partial charge in [0.15, 0.2) is 6.79 Å². The molecular weight excluding hydrogens is 368 g/mol. The van der Waals surface area contributed by atoms with Gasteiger partial charge in [-0.25, -0.2) is 9.78 Å². The topological polar surface area (TPSA) is 79.7 Å². The molecule has 140 valence electrons. The second-order valence-corrected chi connectivity index (χ2v) is 7.44. The molecule has 0 radical (unpaired) electrons. The van der Waals surface area contributed by atoms with Crippen LogP contribution in [-0.4, -0.2) is 28.9 Å². The van der Waals surface area contributed by atoms with Crippen LogP contribution in [0.15, 0.2) is 29.3 Å². The van der Waals surface area contributed by atoms with Crippen molar-refractivity contribution in [1.82, 2.24) is 9.55 Å². The van der Waals surface area contributed by atoms with E-state index < -0.39 is 5.97 Å². The van der Waals surface area contributed by atoms with Crippen LogP contribution in [0.3, 0.4) is 0 Å². The van der Waals surface area contributed by atoms with Crippen molar-refractivity contribution < 1.29 is 19.0 Å². The van der Waals surface area contributed by atoms with E-state index in [0.717, 1.165) is 15.3 Å². The van der Waals surface area contributed by atoms with Gasteiger partial charge >= 0.3 is 5.97 Å². The number of hydrogen-bond donors (Lipinski definition) is 0. The van der Waals surface area contributed by atoms with Gasteiger partial charge in [-0.3, -0.25) is 9.36 Å². The van der Waals surface area contributed by atoms with Crippen LogP contribution in [0.4, 0.5) is 0 Å². The fraction of sp³-hybridized carbons (Fsp3) is 0.316. The molecule has 0 N–H and O–H groups in total. The van der Waals surface area contributed by atoms with Crippen LogP contribution in [0.5, 0.6) is 5.75 Å². The molecule has 1 aromatic carbocycles. The highest BCUT2D eigenvalue weighted by atomic mass is 32.1. The molecule has 0 unspecified atom stereocenters. The van der Waals surface area contributed by atoms with Crippen molar-refractivity contribution in [3.63, 3.8) is 0 Å². The third-order valence-corrected chi connectivity index (χ3v) is 5.24. The monoisotopic (exact) mass is 386 g/mol. The summed E-state index contributed by atoms with van der Waals surface area (Å²) in [7, 11) is 0. The third-order valence-electron chi connectivity index (χ3n) is 4.28. The number of esters is 1. The van der Waals surface area contributed by atoms with Gasteiger partial charge in [0.25, 0.3) is 5.56 Å². The Hall–Kier alpha value is -2.71. The van der Waals surface area contributed by atoms with Gasteiger partial charge in [0.2, 0.25) is 0 Å². The summed E-state index contributed by atoms with van der Waals surface area (Å²) in [5.74, 6) is 0.226. The predicted molar refractivity (Wildman–Crippen MR) is 100 cm³/mol. The van der Waals surface area contributed by atoms with Crippen molar-refractivity contribution in [3.8, 4) is 5.75 Å². The van der Waals surface area contributed by atoms with Crippen LogP contribution >= 0.6 is 11.3 Å². The minimum atomic E-state index is -0.415. The van der Waals surface area contributed by atoms with Crippen molar-refractivity contribution in [2.24, 2.45) is 0 Å². The molecule has 1 aliphatic heterocycles. The van der Waals surface area contributed by atoms with E-state index in [9.17, 15) is 9.59 Å². The normalized spacial score (nSPS) is 13.3. The Bertz CT molecular complexity index is 1090. The molecule has 7 nitrogen and oxygen atoms in total. The number of thiophene rings is 1. The van der Waals surface area contributed by atoms with Crippen LogP contribution in [0, 0.1) is 6.92 Å². The number of ether oxygens (including phenoxy) is 3. The highest BCUT2D eigenvalue weighted by Crippen LogP contribution is 2.31. The summed E-state index contributed by atoms with van der Waals surface area (Å²) < 4.78 is 17.6. The second-order valence-electron chi connectivity index (χ2n) is 6.21. The molecule has 0 saturated heterocycles. The Labute approximate surface area is 159 Å². The molecule has 27 heavy (non-hydrogen) atoms. The lowest BCUT2D eigenvalue weighted by atomic mass is 10.0. The predicted octanol–water partition coefficient (Wildman–Crippen LogP) is 2.86. The van der Waals surface area contributed by atoms with Crippen LogP contribution in [0.1, 0.15) is 33.3 Å². The molecule has 0 saturated carbocycles. The summed E-state index contributed by atoms with van der Waals surface area (Å²) >= 11 is 1.49. The molecule has 2 aromatic heterocycles. The summed E-state index contributed by atoms with van der Waals surface area (Å²) in [6, 6.07) is 5.26. The molecule has 0 bridgehead atoms. The van der Waals surface area contributed by atoms with Crippen molar-refractivity contribution in [3.05, 3.63) is 56.4 Å². The Morgan fingerprint density at radius 2 is 2.22 bits per heavy atom. The molecule has 0 aliphatic carbocycles. The van der Waals surface area contributed by atoms with Gasteiger partial charge in [-0.05, 0) is 32.0 Å². The van der Waals surface area contributed by atoms with Gasteiger partial charge in [0.1, 0.15) is 10.6 Å². The maximum atomic E-state index is 12.8. The molecule has 4 rings (SSSR count). The number of aromatic nitrogens is 2. The zero-order chi connectivity index (χ0) is 19.0. The summed E-state index contributed by atoms with van der Waals surface area (Å²) in [4.78, 5) is 31.1. The van der Waals surface area contributed by atoms with Gasteiger partial charge in [0.05, 0.1) is 37.0 Å². The number of carbonyl (C=O) groups excluding carboxylic acids is 1. The summed E-state index contributed by atoms with van der Waals surface area (Å²) in [5, 5.41) is 0.597. The number of rotatable bonds is 4. The lowest BCUT2D eigenvalue weighted by Gasteiger charge is -2.22. The van der Waals surface area contributed by atoms with E-state index in [-0.39, 0.29) is 25.5 Å². The Morgan fingerprint density at radius 1 is 1.37 bits per heavy atom. The zero-order valence-electron chi connectivity index (χ0n) is 15.0. The van der Waals surface area contributed by atoms with Gasteiger partial charge < -0.3 is 14.2 Å². The zero-order valence-corrected chi connectivity index (χ0v) is 15.8. The second kappa shape index (κ2) is 7.13. The number of fused-ring (bicyclic) bond motifs is 2. The minimum Gasteiger partial charge on any atom is -0.467 e. The Morgan fingerprint density at radius 3 is 3.04 bits per heavy atom. The van der Waals surface area contributed by atoms with E-state index in [1.807, 2.05) is 13.0 Å². The highest BCUT2D eigenvalue weighted by molar-refractivity contribution is 7.18. The number of hydrogen-bond acceptors (Lipinski definition) is 7. The molecule has 0 fully saturated rings. The first-order valence-corrected chi connectivity index (χ1v) is 9.37. The van der Waals surface area contributed by atoms with Crippen molar-refractivity contribution in [1.29, 1.82) is 0 Å². The molecule has 0 amide bonds. The molecule has 3 heterocycles. The van der Waals surface area contributed by atoms with Crippen LogP contribution in [0.2, 0.25) is 0 Å². The lowest BCUT2D eigenvalue weighted by molar-refractivity contribution is -0.0171. The standard InChI is InChI=1S/C19H18N2O5S/c1-3-25-19(23)12-5-13(16-14(6-12)8-24-10-26-16)7-21-9-20-17-15(18(21)22)4-11(2)27-17/h4-6,9H,3,7-8,10H2,1-2H3. The van der Waals surface area contributed by atoms with Gasteiger partial charge in [-0.2, -0.15) is 0 Å². The number of carbonyl (C=O) groups is 1. The maximum Gasteiger partial charge on any atom is 0.338 e. The summed E-state index contributed by atoms with van der Waals surface area (Å²) in [6.45, 7) is 4.71. The average Bonchev–Trinajstić information content (AvgIpc) is 3.05. The SMILES string of the molecule is CCOC(=O)c1cc2c(c(Cn3cnc4sc(C)cc4c3=O)c1)OCOC2. The van der Waals surface area contributed by atoms with E-state index >= 15 is 0 Å². The van der Waals surface area contributed by atoms with E-state index in [0.29, 0.717) is 28.9 Å². The first kappa shape index (κ1) is 17.7. The van der Waals surface area contributed by atoms with Crippen LogP contribution in [-0.2, 0) is 22.6 Å². The highest BCUT2D eigenvalue weighted by Gasteiger charge is 2.20. The maximum absolute atomic E-state index is 12.8. The van der Waals surface area contributed by atoms with E-state index in [4.69, 9.17) is 14.2 Å². The molecule has 0 atom stereocenters. The molecule has 0 spiro atoms. The Balaban J connectivity index is 1.79. The number of benzene rings is 1. The third kappa shape index (κ3) is 3.33. The Kier molecular flexibility index (Phi) is 4.67. The minimum absolute atomic E-state index is 0.119. The molecular formula is C19H18N2O5S. The van der Waals surface area contributed by atoms with Crippen molar-refractivity contribution in [2.75, 3.05) is 13.4 Å². The first-order valence-electron chi connectivity index (χ1n) is 8.56. The van der Waals surface area contributed by atoms with Crippen LogP contribution < -0.4 is 10.3 Å². The average molecular weight is 386 g/mol. The quantitative estimate of drug-likeness (QED) is 0.642. The largest absolute Gasteiger partial charge is 0.467 e. The summed E-state index contributed by atoms with van der Waals surface area (Å²) in [5.41, 5.74) is 1.77. The van der Waals surface area contributed by atoms with Crippen molar-refractivity contribution >= 4 is 27.5 Å². The van der Waals surface area contributed by atoms with Crippen molar-refractivity contribution in [2.45, 2.75) is 27.0 Å². The molecule has 1 aliphatic rings. The molecule has 8 heteroatoms. The van der Waals surface area contributed by atoms with Gasteiger partial charge in [0, 0.05) is 16.0 Å². The lowest BCUT2D eigenvalue weighted by Crippen LogP contribution is -2.22. The number of aryl methyl sites for hydroxylation is 1. The number of nitrogens with zero attached hydrogens (tertiary/aromatic N) is 2. The fourth-order valence-electron chi connectivity index (χ4n) is 3.13. The van der Waals surface area contributed by atoms with Crippen LogP contribution in [0.25, 0.3) is 10.2 Å². The van der Waals surface area contributed by atoms with E-state index in [1.54, 1.807) is 19.1 Å². The first-order chi connectivity index (χ1) is 13.1. The smallest absolute Gasteiger partial charge is 0.338 e. The molecule has 3 aromatic rings. The summed E-state index contributed by atoms with van der Waals surface area (Å²) in [6.07, 6.45) is 1.53. The van der Waals surface area contributed by atoms with Gasteiger partial charge in [-0.15, -0.1) is 11.3 Å². The van der Waals surface area contributed by atoms with E-state index in [2.05, 4.69) is 4.98 Å². The van der Waals surface area contributed by atoms with E-state index in [1.165, 1.54) is 22.2 Å². The fourth-order valence-corrected chi connectivity index (χ4v) is 3.96. The van der Waals surface area contributed by atoms with Gasteiger partial charge in [-0.1, -0.05) is 0 Å².